The molecule has 0 saturated carbocycles. The maximum atomic E-state index is 12.5. The highest BCUT2D eigenvalue weighted by atomic mass is 32.1. The molecular weight excluding hydrogens is 288 g/mol. The van der Waals surface area contributed by atoms with Gasteiger partial charge in [-0.05, 0) is 33.1 Å². The highest BCUT2D eigenvalue weighted by molar-refractivity contribution is 7.13. The Morgan fingerprint density at radius 2 is 1.95 bits per heavy atom. The van der Waals surface area contributed by atoms with Crippen molar-refractivity contribution >= 4 is 23.2 Å². The van der Waals surface area contributed by atoms with Crippen LogP contribution >= 0.6 is 11.3 Å². The van der Waals surface area contributed by atoms with Crippen LogP contribution < -0.4 is 0 Å². The summed E-state index contributed by atoms with van der Waals surface area (Å²) in [4.78, 5) is 30.8. The van der Waals surface area contributed by atoms with Gasteiger partial charge in [-0.3, -0.25) is 9.59 Å². The van der Waals surface area contributed by atoms with Crippen molar-refractivity contribution < 1.29 is 14.7 Å². The molecule has 6 heteroatoms. The number of nitrogens with zero attached hydrogens (tertiary/aromatic N) is 2. The zero-order valence-electron chi connectivity index (χ0n) is 12.8. The average molecular weight is 310 g/mol. The first kappa shape index (κ1) is 15.9. The summed E-state index contributed by atoms with van der Waals surface area (Å²) in [6.07, 6.45) is 2.62. The third kappa shape index (κ3) is 3.10. The lowest BCUT2D eigenvalue weighted by atomic mass is 9.75. The molecule has 0 unspecified atom stereocenters. The number of carboxylic acid groups (broad SMARTS) is 1. The number of piperidine rings is 1. The van der Waals surface area contributed by atoms with E-state index in [1.54, 1.807) is 4.90 Å². The first-order valence-corrected chi connectivity index (χ1v) is 8.18. The monoisotopic (exact) mass is 310 g/mol. The molecule has 2 rings (SSSR count). The molecule has 2 heterocycles. The Morgan fingerprint density at radius 3 is 2.38 bits per heavy atom. The largest absolute Gasteiger partial charge is 0.481 e. The highest BCUT2D eigenvalue weighted by Crippen LogP contribution is 2.37. The van der Waals surface area contributed by atoms with Crippen molar-refractivity contribution in [3.05, 3.63) is 15.6 Å². The van der Waals surface area contributed by atoms with Gasteiger partial charge in [0, 0.05) is 13.1 Å². The number of rotatable bonds is 4. The molecule has 0 radical (unpaired) electrons. The van der Waals surface area contributed by atoms with Crippen LogP contribution in [0.1, 0.15) is 53.0 Å². The average Bonchev–Trinajstić information content (AvgIpc) is 2.78. The van der Waals surface area contributed by atoms with Crippen molar-refractivity contribution in [2.24, 2.45) is 5.41 Å². The van der Waals surface area contributed by atoms with E-state index in [1.807, 2.05) is 20.8 Å². The fourth-order valence-corrected chi connectivity index (χ4v) is 3.95. The van der Waals surface area contributed by atoms with Crippen LogP contribution in [0, 0.1) is 19.3 Å². The quantitative estimate of drug-likeness (QED) is 0.928. The second kappa shape index (κ2) is 6.13. The Bertz CT molecular complexity index is 545. The van der Waals surface area contributed by atoms with Gasteiger partial charge in [0.2, 0.25) is 0 Å². The Labute approximate surface area is 129 Å². The smallest absolute Gasteiger partial charge is 0.309 e. The molecule has 21 heavy (non-hydrogen) atoms. The lowest BCUT2D eigenvalue weighted by Gasteiger charge is -2.38. The SMILES string of the molecule is CCCC1(C(=O)O)CCN(C(=O)c2sc(C)nc2C)CC1. The summed E-state index contributed by atoms with van der Waals surface area (Å²) in [6, 6.07) is 0. The molecule has 1 aliphatic rings. The topological polar surface area (TPSA) is 70.5 Å². The predicted molar refractivity (Wildman–Crippen MR) is 81.7 cm³/mol. The molecule has 0 bridgehead atoms. The van der Waals surface area contributed by atoms with Crippen molar-refractivity contribution in [1.29, 1.82) is 0 Å². The Hall–Kier alpha value is -1.43. The van der Waals surface area contributed by atoms with E-state index < -0.39 is 11.4 Å². The number of aromatic nitrogens is 1. The third-order valence-corrected chi connectivity index (χ3v) is 5.35. The van der Waals surface area contributed by atoms with Gasteiger partial charge in [-0.15, -0.1) is 11.3 Å². The fraction of sp³-hybridized carbons (Fsp3) is 0.667. The molecule has 1 saturated heterocycles. The molecular formula is C15H22N2O3S. The summed E-state index contributed by atoms with van der Waals surface area (Å²) in [6.45, 7) is 6.77. The summed E-state index contributed by atoms with van der Waals surface area (Å²) in [5.41, 5.74) is 0.121. The van der Waals surface area contributed by atoms with Gasteiger partial charge in [0.1, 0.15) is 4.88 Å². The molecule has 1 aromatic heterocycles. The summed E-state index contributed by atoms with van der Waals surface area (Å²) in [7, 11) is 0. The van der Waals surface area contributed by atoms with Crippen LogP contribution in [-0.2, 0) is 4.79 Å². The second-order valence-corrected chi connectivity index (χ2v) is 6.98. The zero-order valence-corrected chi connectivity index (χ0v) is 13.6. The molecule has 0 aromatic carbocycles. The Kier molecular flexibility index (Phi) is 4.66. The number of amides is 1. The maximum Gasteiger partial charge on any atom is 0.309 e. The summed E-state index contributed by atoms with van der Waals surface area (Å²) >= 11 is 1.41. The lowest BCUT2D eigenvalue weighted by molar-refractivity contribution is -0.152. The standard InChI is InChI=1S/C15H22N2O3S/c1-4-5-15(14(19)20)6-8-17(9-7-15)13(18)12-10(2)16-11(3)21-12/h4-9H2,1-3H3,(H,19,20). The van der Waals surface area contributed by atoms with Gasteiger partial charge < -0.3 is 10.0 Å². The maximum absolute atomic E-state index is 12.5. The van der Waals surface area contributed by atoms with E-state index in [-0.39, 0.29) is 5.91 Å². The van der Waals surface area contributed by atoms with Crippen LogP contribution in [0.25, 0.3) is 0 Å². The molecule has 116 valence electrons. The van der Waals surface area contributed by atoms with E-state index in [0.29, 0.717) is 37.2 Å². The highest BCUT2D eigenvalue weighted by Gasteiger charge is 2.41. The summed E-state index contributed by atoms with van der Waals surface area (Å²) < 4.78 is 0. The Morgan fingerprint density at radius 1 is 1.33 bits per heavy atom. The van der Waals surface area contributed by atoms with Crippen LogP contribution in [0.15, 0.2) is 0 Å². The number of carbonyl (C=O) groups is 2. The molecule has 0 aliphatic carbocycles. The first-order chi connectivity index (χ1) is 9.89. The third-order valence-electron chi connectivity index (χ3n) is 4.29. The Balaban J connectivity index is 2.08. The zero-order chi connectivity index (χ0) is 15.6. The first-order valence-electron chi connectivity index (χ1n) is 7.36. The number of carbonyl (C=O) groups excluding carboxylic acids is 1. The number of aryl methyl sites for hydroxylation is 2. The van der Waals surface area contributed by atoms with Gasteiger partial charge in [-0.25, -0.2) is 4.98 Å². The summed E-state index contributed by atoms with van der Waals surface area (Å²) in [5, 5.41) is 10.4. The second-order valence-electron chi connectivity index (χ2n) is 5.78. The number of hydrogen-bond acceptors (Lipinski definition) is 4. The fourth-order valence-electron chi connectivity index (χ4n) is 3.06. The molecule has 1 amide bonds. The molecule has 1 fully saturated rings. The molecule has 5 nitrogen and oxygen atoms in total. The molecule has 1 aromatic rings. The van der Waals surface area contributed by atoms with E-state index in [9.17, 15) is 14.7 Å². The van der Waals surface area contributed by atoms with Gasteiger partial charge >= 0.3 is 5.97 Å². The number of thiazole rings is 1. The van der Waals surface area contributed by atoms with Crippen molar-refractivity contribution in [2.45, 2.75) is 46.5 Å². The molecule has 1 N–H and O–H groups in total. The van der Waals surface area contributed by atoms with E-state index in [4.69, 9.17) is 0 Å². The van der Waals surface area contributed by atoms with Gasteiger partial charge in [-0.1, -0.05) is 13.3 Å². The number of aliphatic carboxylic acids is 1. The number of likely N-dealkylation sites (tertiary alicyclic amines) is 1. The van der Waals surface area contributed by atoms with Gasteiger partial charge in [0.05, 0.1) is 16.1 Å². The minimum atomic E-state index is -0.721. The minimum absolute atomic E-state index is 0.00594. The predicted octanol–water partition coefficient (Wildman–Crippen LogP) is 2.87. The van der Waals surface area contributed by atoms with Gasteiger partial charge in [-0.2, -0.15) is 0 Å². The van der Waals surface area contributed by atoms with Crippen molar-refractivity contribution in [3.63, 3.8) is 0 Å². The van der Waals surface area contributed by atoms with Crippen molar-refractivity contribution in [3.8, 4) is 0 Å². The molecule has 0 atom stereocenters. The van der Waals surface area contributed by atoms with Crippen LogP contribution in [0.2, 0.25) is 0 Å². The van der Waals surface area contributed by atoms with Crippen LogP contribution in [0.4, 0.5) is 0 Å². The van der Waals surface area contributed by atoms with E-state index in [2.05, 4.69) is 4.98 Å². The van der Waals surface area contributed by atoms with Crippen LogP contribution in [-0.4, -0.2) is 40.0 Å². The van der Waals surface area contributed by atoms with Crippen molar-refractivity contribution in [2.75, 3.05) is 13.1 Å². The van der Waals surface area contributed by atoms with E-state index in [1.165, 1.54) is 11.3 Å². The van der Waals surface area contributed by atoms with Gasteiger partial charge in [0.15, 0.2) is 0 Å². The lowest BCUT2D eigenvalue weighted by Crippen LogP contribution is -2.46. The van der Waals surface area contributed by atoms with Gasteiger partial charge in [0.25, 0.3) is 5.91 Å². The van der Waals surface area contributed by atoms with Crippen LogP contribution in [0.5, 0.6) is 0 Å². The number of carboxylic acids is 1. The van der Waals surface area contributed by atoms with Crippen molar-refractivity contribution in [1.82, 2.24) is 9.88 Å². The van der Waals surface area contributed by atoms with Crippen LogP contribution in [0.3, 0.4) is 0 Å². The molecule has 0 spiro atoms. The normalized spacial score (nSPS) is 17.8. The van der Waals surface area contributed by atoms with E-state index >= 15 is 0 Å². The number of hydrogen-bond donors (Lipinski definition) is 1. The van der Waals surface area contributed by atoms with E-state index in [0.717, 1.165) is 17.1 Å². The summed E-state index contributed by atoms with van der Waals surface area (Å²) in [5.74, 6) is -0.727. The minimum Gasteiger partial charge on any atom is -0.481 e. The molecule has 1 aliphatic heterocycles.